The van der Waals surface area contributed by atoms with Crippen LogP contribution in [0.5, 0.6) is 0 Å². The molecule has 7 heteroatoms. The summed E-state index contributed by atoms with van der Waals surface area (Å²) in [5.74, 6) is 0.542. The van der Waals surface area contributed by atoms with Gasteiger partial charge in [0.05, 0.1) is 19.4 Å². The number of piperidine rings is 1. The van der Waals surface area contributed by atoms with Crippen LogP contribution in [0.4, 0.5) is 5.95 Å². The Hall–Kier alpha value is -1.37. The third-order valence-electron chi connectivity index (χ3n) is 4.01. The van der Waals surface area contributed by atoms with Gasteiger partial charge in [-0.05, 0) is 0 Å². The zero-order valence-electron chi connectivity index (χ0n) is 11.0. The van der Waals surface area contributed by atoms with Gasteiger partial charge in [-0.1, -0.05) is 11.6 Å². The van der Waals surface area contributed by atoms with Gasteiger partial charge in [0.25, 0.3) is 0 Å². The Morgan fingerprint density at radius 3 is 2.65 bits per heavy atom. The summed E-state index contributed by atoms with van der Waals surface area (Å²) in [4.78, 5) is 10.8. The number of hydrogen-bond donors (Lipinski definition) is 0. The van der Waals surface area contributed by atoms with E-state index in [1.165, 1.54) is 0 Å². The largest absolute Gasteiger partial charge is 0.347 e. The monoisotopic (exact) mass is 294 g/mol. The van der Waals surface area contributed by atoms with Crippen LogP contribution in [0.1, 0.15) is 12.8 Å². The zero-order chi connectivity index (χ0) is 13.6. The van der Waals surface area contributed by atoms with Crippen molar-refractivity contribution in [3.8, 4) is 0 Å². The molecule has 0 saturated carbocycles. The Labute approximate surface area is 121 Å². The number of fused-ring (bicyclic) bond motifs is 1. The molecule has 2 saturated heterocycles. The Morgan fingerprint density at radius 2 is 1.90 bits per heavy atom. The maximum absolute atomic E-state index is 6.08. The highest BCUT2D eigenvalue weighted by molar-refractivity contribution is 6.32. The van der Waals surface area contributed by atoms with E-state index in [4.69, 9.17) is 21.1 Å². The second kappa shape index (κ2) is 4.58. The van der Waals surface area contributed by atoms with Gasteiger partial charge in [-0.3, -0.25) is 4.40 Å². The molecule has 6 nitrogen and oxygen atoms in total. The molecule has 0 amide bonds. The van der Waals surface area contributed by atoms with Crippen LogP contribution in [0.15, 0.2) is 18.6 Å². The van der Waals surface area contributed by atoms with Crippen molar-refractivity contribution in [1.82, 2.24) is 14.4 Å². The predicted octanol–water partition coefficient (Wildman–Crippen LogP) is 1.73. The average molecular weight is 295 g/mol. The van der Waals surface area contributed by atoms with Crippen molar-refractivity contribution in [3.05, 3.63) is 23.7 Å². The van der Waals surface area contributed by atoms with Crippen LogP contribution in [0, 0.1) is 0 Å². The van der Waals surface area contributed by atoms with Crippen molar-refractivity contribution in [1.29, 1.82) is 0 Å². The van der Waals surface area contributed by atoms with E-state index in [2.05, 4.69) is 14.9 Å². The van der Waals surface area contributed by atoms with Gasteiger partial charge in [0.1, 0.15) is 5.52 Å². The van der Waals surface area contributed by atoms with Crippen LogP contribution in [0.3, 0.4) is 0 Å². The quantitative estimate of drug-likeness (QED) is 0.802. The number of rotatable bonds is 1. The van der Waals surface area contributed by atoms with E-state index in [0.717, 1.165) is 37.4 Å². The van der Waals surface area contributed by atoms with Crippen LogP contribution in [-0.2, 0) is 9.47 Å². The number of imidazole rings is 1. The number of ether oxygens (including phenoxy) is 2. The molecule has 2 fully saturated rings. The van der Waals surface area contributed by atoms with Gasteiger partial charge in [-0.2, -0.15) is 0 Å². The van der Waals surface area contributed by atoms with Gasteiger partial charge in [0, 0.05) is 38.3 Å². The first-order valence-electron chi connectivity index (χ1n) is 6.78. The molecule has 20 heavy (non-hydrogen) atoms. The summed E-state index contributed by atoms with van der Waals surface area (Å²) >= 11 is 6.08. The summed E-state index contributed by atoms with van der Waals surface area (Å²) in [5.41, 5.74) is 0.831. The molecule has 2 aliphatic heterocycles. The molecule has 4 heterocycles. The summed E-state index contributed by atoms with van der Waals surface area (Å²) in [6, 6.07) is 0. The van der Waals surface area contributed by atoms with E-state index in [0.29, 0.717) is 18.4 Å². The Morgan fingerprint density at radius 1 is 1.15 bits per heavy atom. The van der Waals surface area contributed by atoms with E-state index in [9.17, 15) is 0 Å². The lowest BCUT2D eigenvalue weighted by Crippen LogP contribution is -2.45. The van der Waals surface area contributed by atoms with Crippen LogP contribution in [-0.4, -0.2) is 46.5 Å². The fourth-order valence-corrected chi connectivity index (χ4v) is 3.15. The molecule has 1 spiro atoms. The van der Waals surface area contributed by atoms with Crippen molar-refractivity contribution in [2.45, 2.75) is 18.6 Å². The zero-order valence-corrected chi connectivity index (χ0v) is 11.7. The summed E-state index contributed by atoms with van der Waals surface area (Å²) < 4.78 is 13.5. The minimum atomic E-state index is -0.358. The standard InChI is InChI=1S/C13H15ClN4O2/c14-11-10-9-16-12(18(10)6-3-15-11)17-4-1-13(2-5-17)19-7-8-20-13/h3,6,9H,1-2,4-5,7-8H2. The fraction of sp³-hybridized carbons (Fsp3) is 0.538. The topological polar surface area (TPSA) is 51.9 Å². The summed E-state index contributed by atoms with van der Waals surface area (Å²) in [6.07, 6.45) is 7.06. The molecular weight excluding hydrogens is 280 g/mol. The molecule has 0 atom stereocenters. The molecule has 0 N–H and O–H groups in total. The lowest BCUT2D eigenvalue weighted by Gasteiger charge is -2.37. The third kappa shape index (κ3) is 1.87. The third-order valence-corrected chi connectivity index (χ3v) is 4.31. The molecule has 0 bridgehead atoms. The maximum atomic E-state index is 6.08. The Bertz CT molecular complexity index is 628. The van der Waals surface area contributed by atoms with Gasteiger partial charge >= 0.3 is 0 Å². The normalized spacial score (nSPS) is 21.9. The van der Waals surface area contributed by atoms with Gasteiger partial charge in [-0.25, -0.2) is 9.97 Å². The van der Waals surface area contributed by atoms with Crippen LogP contribution in [0.25, 0.3) is 5.52 Å². The van der Waals surface area contributed by atoms with Gasteiger partial charge in [0.2, 0.25) is 5.95 Å². The number of nitrogens with zero attached hydrogens (tertiary/aromatic N) is 4. The molecule has 106 valence electrons. The smallest absolute Gasteiger partial charge is 0.210 e. The first-order chi connectivity index (χ1) is 9.77. The Kier molecular flexibility index (Phi) is 2.83. The molecule has 0 aliphatic carbocycles. The SMILES string of the molecule is Clc1nccn2c(N3CCC4(CC3)OCCO4)ncc12. The van der Waals surface area contributed by atoms with E-state index in [1.807, 2.05) is 10.6 Å². The first-order valence-corrected chi connectivity index (χ1v) is 7.16. The van der Waals surface area contributed by atoms with Gasteiger partial charge in [-0.15, -0.1) is 0 Å². The highest BCUT2D eigenvalue weighted by Gasteiger charge is 2.40. The number of hydrogen-bond acceptors (Lipinski definition) is 5. The second-order valence-corrected chi connectivity index (χ2v) is 5.48. The highest BCUT2D eigenvalue weighted by Crippen LogP contribution is 2.33. The van der Waals surface area contributed by atoms with Crippen molar-refractivity contribution < 1.29 is 9.47 Å². The number of halogens is 1. The Balaban J connectivity index is 1.60. The molecule has 2 aromatic rings. The van der Waals surface area contributed by atoms with E-state index in [-0.39, 0.29) is 5.79 Å². The summed E-state index contributed by atoms with van der Waals surface area (Å²) in [7, 11) is 0. The van der Waals surface area contributed by atoms with E-state index in [1.54, 1.807) is 12.4 Å². The molecule has 2 aromatic heterocycles. The molecular formula is C13H15ClN4O2. The lowest BCUT2D eigenvalue weighted by molar-refractivity contribution is -0.169. The minimum absolute atomic E-state index is 0.358. The van der Waals surface area contributed by atoms with E-state index < -0.39 is 0 Å². The number of anilines is 1. The molecule has 2 aliphatic rings. The van der Waals surface area contributed by atoms with Crippen LogP contribution in [0.2, 0.25) is 5.15 Å². The maximum Gasteiger partial charge on any atom is 0.210 e. The molecule has 0 aromatic carbocycles. The van der Waals surface area contributed by atoms with Crippen molar-refractivity contribution in [3.63, 3.8) is 0 Å². The first kappa shape index (κ1) is 12.4. The minimum Gasteiger partial charge on any atom is -0.347 e. The van der Waals surface area contributed by atoms with Crippen molar-refractivity contribution >= 4 is 23.1 Å². The second-order valence-electron chi connectivity index (χ2n) is 5.13. The van der Waals surface area contributed by atoms with E-state index >= 15 is 0 Å². The van der Waals surface area contributed by atoms with Crippen molar-refractivity contribution in [2.75, 3.05) is 31.2 Å². The summed E-state index contributed by atoms with van der Waals surface area (Å²) in [5, 5.41) is 0.474. The van der Waals surface area contributed by atoms with Crippen LogP contribution >= 0.6 is 11.6 Å². The summed E-state index contributed by atoms with van der Waals surface area (Å²) in [6.45, 7) is 3.12. The lowest BCUT2D eigenvalue weighted by atomic mass is 10.0. The average Bonchev–Trinajstić information content (AvgIpc) is 3.09. The van der Waals surface area contributed by atoms with Crippen LogP contribution < -0.4 is 4.90 Å². The molecule has 0 radical (unpaired) electrons. The number of aromatic nitrogens is 3. The molecule has 4 rings (SSSR count). The fourth-order valence-electron chi connectivity index (χ4n) is 2.95. The highest BCUT2D eigenvalue weighted by atomic mass is 35.5. The van der Waals surface area contributed by atoms with Gasteiger partial charge in [0.15, 0.2) is 10.9 Å². The van der Waals surface area contributed by atoms with Gasteiger partial charge < -0.3 is 14.4 Å². The molecule has 0 unspecified atom stereocenters. The predicted molar refractivity (Wildman–Crippen MR) is 74.1 cm³/mol. The van der Waals surface area contributed by atoms with Crippen molar-refractivity contribution in [2.24, 2.45) is 0 Å².